The zero-order chi connectivity index (χ0) is 37.5. The van der Waals surface area contributed by atoms with E-state index in [4.69, 9.17) is 4.74 Å². The smallest absolute Gasteiger partial charge is 0.744 e. The molecule has 0 unspecified atom stereocenters. The molecule has 272 valence electrons. The Labute approximate surface area is 492 Å². The molecule has 1 aliphatic heterocycles. The van der Waals surface area contributed by atoms with E-state index >= 15 is 0 Å². The Morgan fingerprint density at radius 1 is 0.873 bits per heavy atom. The van der Waals surface area contributed by atoms with Crippen LogP contribution < -0.4 is 221 Å². The minimum Gasteiger partial charge on any atom is -0.744 e. The van der Waals surface area contributed by atoms with E-state index in [0.29, 0.717) is 29.1 Å². The largest absolute Gasteiger partial charge is 1.00 e. The van der Waals surface area contributed by atoms with Crippen LogP contribution in [-0.4, -0.2) is 65.0 Å². The number of ether oxygens (including phenoxy) is 1. The first-order chi connectivity index (χ1) is 24.1. The summed E-state index contributed by atoms with van der Waals surface area (Å²) in [6.07, 6.45) is 6.39. The molecule has 1 aromatic heterocycles. The second kappa shape index (κ2) is 26.6. The van der Waals surface area contributed by atoms with Gasteiger partial charge < -0.3 is 29.5 Å². The van der Waals surface area contributed by atoms with E-state index in [9.17, 15) is 51.2 Å². The number of carbonyl (C=O) groups is 2. The fraction of sp³-hybridized carbons (Fsp3) is 0.111. The van der Waals surface area contributed by atoms with Crippen molar-refractivity contribution in [3.63, 3.8) is 0 Å². The van der Waals surface area contributed by atoms with Crippen molar-refractivity contribution in [2.45, 2.75) is 33.4 Å². The maximum atomic E-state index is 13.5. The molecule has 0 saturated heterocycles. The van der Waals surface area contributed by atoms with Gasteiger partial charge >= 0.3 is 212 Å². The summed E-state index contributed by atoms with van der Waals surface area (Å²) < 4.78 is 85.8. The minimum absolute atomic E-state index is 0. The predicted octanol–water partition coefficient (Wildman–Crippen LogP) is -11.4. The van der Waals surface area contributed by atoms with Crippen molar-refractivity contribution in [3.05, 3.63) is 77.5 Å². The van der Waals surface area contributed by atoms with Crippen LogP contribution in [-0.2, 0) is 53.3 Å². The molecule has 1 aliphatic rings. The average molecular weight is 941 g/mol. The van der Waals surface area contributed by atoms with Gasteiger partial charge in [-0.25, -0.2) is 21.6 Å². The van der Waals surface area contributed by atoms with Crippen LogP contribution in [0.4, 0.5) is 5.69 Å². The number of aromatic hydroxyl groups is 1. The van der Waals surface area contributed by atoms with Gasteiger partial charge in [-0.2, -0.15) is 28.6 Å². The number of rotatable bonds is 15. The predicted molar refractivity (Wildman–Crippen MR) is 166 cm³/mol. The number of hydrogen-bond donors (Lipinski definition) is 1. The number of aryl methyl sites for hydroxylation is 1. The molecule has 1 N–H and O–H groups in total. The van der Waals surface area contributed by atoms with Crippen molar-refractivity contribution in [1.82, 2.24) is 9.78 Å². The van der Waals surface area contributed by atoms with Crippen molar-refractivity contribution in [2.75, 3.05) is 11.6 Å². The number of aromatic nitrogens is 2. The Morgan fingerprint density at radius 2 is 1.40 bits per heavy atom. The number of hydrogen-bond acceptors (Lipinski definition) is 20. The molecule has 55 heavy (non-hydrogen) atoms. The summed E-state index contributed by atoms with van der Waals surface area (Å²) >= 11 is 0.721. The van der Waals surface area contributed by atoms with Crippen molar-refractivity contribution < 1.29 is 280 Å². The molecule has 0 radical (unpaired) electrons. The first-order valence-corrected chi connectivity index (χ1v) is 17.8. The fourth-order valence-corrected chi connectivity index (χ4v) is 6.35. The first kappa shape index (κ1) is 57.1. The number of allylic oxidation sites excluding steroid dienone is 4. The van der Waals surface area contributed by atoms with Gasteiger partial charge in [-0.3, -0.25) is 14.9 Å². The molecule has 0 atom stereocenters. The van der Waals surface area contributed by atoms with Gasteiger partial charge in [0.2, 0.25) is 5.88 Å². The minimum atomic E-state index is -5.20. The van der Waals surface area contributed by atoms with E-state index in [2.05, 4.69) is 28.9 Å². The molecule has 2 heterocycles. The van der Waals surface area contributed by atoms with E-state index in [0.717, 1.165) is 47.2 Å². The van der Waals surface area contributed by atoms with Crippen LogP contribution in [0.2, 0.25) is 0 Å². The van der Waals surface area contributed by atoms with Crippen LogP contribution in [0.15, 0.2) is 91.0 Å². The second-order valence-corrected chi connectivity index (χ2v) is 13.7. The summed E-state index contributed by atoms with van der Waals surface area (Å²) in [5.41, 5.74) is -1.65. The van der Waals surface area contributed by atoms with Gasteiger partial charge in [0.15, 0.2) is 5.71 Å². The van der Waals surface area contributed by atoms with E-state index in [-0.39, 0.29) is 244 Å². The van der Waals surface area contributed by atoms with Gasteiger partial charge in [0.05, 0.1) is 68.7 Å². The van der Waals surface area contributed by atoms with Crippen molar-refractivity contribution >= 4 is 73.7 Å². The monoisotopic (exact) mass is 940 g/mol. The summed E-state index contributed by atoms with van der Waals surface area (Å²) in [5, 5.41) is 46.3. The second-order valence-electron chi connectivity index (χ2n) is 9.45. The van der Waals surface area contributed by atoms with E-state index in [1.165, 1.54) is 38.2 Å². The topological polar surface area (TPSA) is 294 Å². The molecule has 0 bridgehead atoms. The third-order valence-corrected chi connectivity index (χ3v) is 9.26. The molecule has 3 aromatic rings. The molecular weight excluding hydrogens is 921 g/mol. The summed E-state index contributed by atoms with van der Waals surface area (Å²) in [4.78, 5) is 24.6. The number of hydrazone groups is 1. The molecule has 4 rings (SSSR count). The normalized spacial score (nSPS) is 13.6. The summed E-state index contributed by atoms with van der Waals surface area (Å²) in [5.74, 6) is -2.71. The average Bonchev–Trinajstić information content (AvgIpc) is 3.55. The van der Waals surface area contributed by atoms with E-state index < -0.39 is 59.2 Å². The van der Waals surface area contributed by atoms with Crippen molar-refractivity contribution in [2.24, 2.45) is 5.10 Å². The SMILES string of the molecule is CCOC(=O)C1=NN(c2cc(SOO[O-])ccc2S(=O)(=O)[O-])C(=O)/C1=C\C=CC=Cc1c(C)nn(-c2cc(SOO[O-])ccc2S(=O)(=O)[O-])c1O.[K+].[K+].[K+].[K+]. The summed E-state index contributed by atoms with van der Waals surface area (Å²) in [7, 11) is -10.3. The summed E-state index contributed by atoms with van der Waals surface area (Å²) in [6.45, 7) is 2.81. The Morgan fingerprint density at radius 3 is 1.91 bits per heavy atom. The van der Waals surface area contributed by atoms with Gasteiger partial charge in [-0.1, -0.05) is 18.2 Å². The Kier molecular flexibility index (Phi) is 27.6. The van der Waals surface area contributed by atoms with Crippen LogP contribution in [0, 0.1) is 6.92 Å². The summed E-state index contributed by atoms with van der Waals surface area (Å²) in [6, 6.07) is 6.08. The molecule has 0 spiro atoms. The standard InChI is InChI=1S/C27H24N4O16S4.4K/c1-3-43-27(34)24-19(26(33)31(29-24)21-14-17(49-47-45-36)10-12-23(21)51(40,41)42)8-6-4-5-7-18-15(2)28-30(25(18)32)20-13-16(48-46-44-35)9-11-22(20)50(37,38)39;;;;/h4-14,32,35-36H,3H2,1-2H3,(H,37,38,39)(H,40,41,42);;;;/q;4*+1/p-4/b6-4?,7-5?,19-8-;;;;. The Hall–Kier alpha value is 2.11. The molecular formula is C27H20K4N4O16S4. The number of amides is 1. The van der Waals surface area contributed by atoms with Crippen LogP contribution in [0.3, 0.4) is 0 Å². The van der Waals surface area contributed by atoms with Gasteiger partial charge in [0.25, 0.3) is 5.91 Å². The van der Waals surface area contributed by atoms with Crippen LogP contribution in [0.25, 0.3) is 11.8 Å². The van der Waals surface area contributed by atoms with E-state index in [1.807, 2.05) is 0 Å². The van der Waals surface area contributed by atoms with Crippen LogP contribution in [0.5, 0.6) is 5.88 Å². The third-order valence-electron chi connectivity index (χ3n) is 6.35. The molecule has 2 aromatic carbocycles. The quantitative estimate of drug-likeness (QED) is 0.0216. The van der Waals surface area contributed by atoms with Gasteiger partial charge in [-0.15, -0.1) is 0 Å². The Bertz CT molecular complexity index is 2200. The van der Waals surface area contributed by atoms with Gasteiger partial charge in [0, 0.05) is 9.79 Å². The maximum absolute atomic E-state index is 13.5. The number of benzene rings is 2. The zero-order valence-corrected chi connectivity index (χ0v) is 45.3. The number of carbonyl (C=O) groups excluding carboxylic acids is 2. The fourth-order valence-electron chi connectivity index (χ4n) is 4.29. The molecule has 1 amide bonds. The number of anilines is 1. The van der Waals surface area contributed by atoms with Crippen LogP contribution in [0.1, 0.15) is 18.2 Å². The Balaban J connectivity index is 0.00000729. The first-order valence-electron chi connectivity index (χ1n) is 13.5. The van der Waals surface area contributed by atoms with E-state index in [1.54, 1.807) is 0 Å². The zero-order valence-electron chi connectivity index (χ0n) is 29.6. The maximum Gasteiger partial charge on any atom is 1.00 e. The molecule has 20 nitrogen and oxygen atoms in total. The van der Waals surface area contributed by atoms with Crippen molar-refractivity contribution in [3.8, 4) is 11.6 Å². The molecule has 0 saturated carbocycles. The van der Waals surface area contributed by atoms with Crippen LogP contribution >= 0.6 is 24.1 Å². The number of nitrogens with zero attached hydrogens (tertiary/aromatic N) is 4. The molecule has 0 fully saturated rings. The van der Waals surface area contributed by atoms with Crippen molar-refractivity contribution in [1.29, 1.82) is 0 Å². The van der Waals surface area contributed by atoms with Gasteiger partial charge in [0.1, 0.15) is 20.2 Å². The molecule has 0 aliphatic carbocycles. The third kappa shape index (κ3) is 15.4. The van der Waals surface area contributed by atoms with Gasteiger partial charge in [-0.05, 0) is 62.4 Å². The molecule has 28 heteroatoms. The number of esters is 1.